The van der Waals surface area contributed by atoms with Gasteiger partial charge in [0.2, 0.25) is 0 Å². The molecular formula is C16H17NO3. The number of aromatic hydroxyl groups is 1. The third-order valence-electron chi connectivity index (χ3n) is 3.18. The SMILES string of the molecule is CCCC(N=Cc1c(O)ccc2ccccc12)C(=O)O. The summed E-state index contributed by atoms with van der Waals surface area (Å²) in [6, 6.07) is 10.3. The number of phenols is 1. The monoisotopic (exact) mass is 271 g/mol. The molecule has 2 aromatic carbocycles. The normalized spacial score (nSPS) is 12.8. The van der Waals surface area contributed by atoms with Crippen LogP contribution in [-0.4, -0.2) is 28.4 Å². The first-order valence-electron chi connectivity index (χ1n) is 6.60. The first-order valence-corrected chi connectivity index (χ1v) is 6.60. The molecule has 4 nitrogen and oxygen atoms in total. The van der Waals surface area contributed by atoms with E-state index in [1.807, 2.05) is 37.3 Å². The van der Waals surface area contributed by atoms with E-state index in [1.165, 1.54) is 6.21 Å². The highest BCUT2D eigenvalue weighted by atomic mass is 16.4. The van der Waals surface area contributed by atoms with E-state index < -0.39 is 12.0 Å². The summed E-state index contributed by atoms with van der Waals surface area (Å²) in [5.74, 6) is -0.837. The predicted octanol–water partition coefficient (Wildman–Crippen LogP) is 3.22. The minimum atomic E-state index is -0.942. The van der Waals surface area contributed by atoms with E-state index in [2.05, 4.69) is 4.99 Å². The summed E-state index contributed by atoms with van der Waals surface area (Å²) < 4.78 is 0. The molecule has 0 heterocycles. The van der Waals surface area contributed by atoms with Gasteiger partial charge in [0.15, 0.2) is 0 Å². The molecule has 2 rings (SSSR count). The van der Waals surface area contributed by atoms with Gasteiger partial charge in [-0.15, -0.1) is 0 Å². The van der Waals surface area contributed by atoms with Crippen molar-refractivity contribution in [1.29, 1.82) is 0 Å². The quantitative estimate of drug-likeness (QED) is 0.820. The Hall–Kier alpha value is -2.36. The molecule has 104 valence electrons. The average molecular weight is 271 g/mol. The van der Waals surface area contributed by atoms with Crippen LogP contribution in [-0.2, 0) is 4.79 Å². The number of carboxylic acid groups (broad SMARTS) is 1. The minimum absolute atomic E-state index is 0.105. The van der Waals surface area contributed by atoms with Gasteiger partial charge in [-0.25, -0.2) is 4.79 Å². The van der Waals surface area contributed by atoms with Crippen molar-refractivity contribution >= 4 is 23.0 Å². The van der Waals surface area contributed by atoms with Gasteiger partial charge in [-0.2, -0.15) is 0 Å². The predicted molar refractivity (Wildman–Crippen MR) is 79.5 cm³/mol. The number of benzene rings is 2. The number of phenolic OH excluding ortho intramolecular Hbond substituents is 1. The van der Waals surface area contributed by atoms with Crippen LogP contribution in [0.4, 0.5) is 0 Å². The molecule has 0 aliphatic heterocycles. The van der Waals surface area contributed by atoms with E-state index in [1.54, 1.807) is 6.07 Å². The number of nitrogens with zero attached hydrogens (tertiary/aromatic N) is 1. The van der Waals surface area contributed by atoms with Crippen LogP contribution in [0, 0.1) is 0 Å². The number of rotatable bonds is 5. The zero-order valence-corrected chi connectivity index (χ0v) is 11.3. The van der Waals surface area contributed by atoms with Crippen molar-refractivity contribution in [2.45, 2.75) is 25.8 Å². The Morgan fingerprint density at radius 2 is 2.05 bits per heavy atom. The number of aliphatic imine (C=N–C) groups is 1. The van der Waals surface area contributed by atoms with E-state index in [0.29, 0.717) is 12.0 Å². The molecule has 0 aliphatic rings. The fraction of sp³-hybridized carbons (Fsp3) is 0.250. The number of carboxylic acids is 1. The third kappa shape index (κ3) is 2.96. The van der Waals surface area contributed by atoms with Gasteiger partial charge in [-0.3, -0.25) is 4.99 Å². The summed E-state index contributed by atoms with van der Waals surface area (Å²) in [4.78, 5) is 15.2. The maximum atomic E-state index is 11.1. The van der Waals surface area contributed by atoms with Crippen molar-refractivity contribution in [3.63, 3.8) is 0 Å². The number of hydrogen-bond donors (Lipinski definition) is 2. The second-order valence-corrected chi connectivity index (χ2v) is 4.64. The Balaban J connectivity index is 2.42. The molecule has 0 spiro atoms. The summed E-state index contributed by atoms with van der Waals surface area (Å²) in [6.07, 6.45) is 2.69. The van der Waals surface area contributed by atoms with Gasteiger partial charge in [0, 0.05) is 11.8 Å². The first-order chi connectivity index (χ1) is 9.63. The largest absolute Gasteiger partial charge is 0.507 e. The van der Waals surface area contributed by atoms with Gasteiger partial charge in [-0.1, -0.05) is 43.7 Å². The van der Waals surface area contributed by atoms with Gasteiger partial charge in [-0.05, 0) is 23.3 Å². The second kappa shape index (κ2) is 6.19. The summed E-state index contributed by atoms with van der Waals surface area (Å²) in [7, 11) is 0. The summed E-state index contributed by atoms with van der Waals surface area (Å²) in [5, 5.41) is 20.9. The Morgan fingerprint density at radius 1 is 1.30 bits per heavy atom. The van der Waals surface area contributed by atoms with Crippen LogP contribution in [0.15, 0.2) is 41.4 Å². The van der Waals surface area contributed by atoms with Crippen molar-refractivity contribution in [2.24, 2.45) is 4.99 Å². The van der Waals surface area contributed by atoms with Crippen molar-refractivity contribution in [3.05, 3.63) is 42.0 Å². The topological polar surface area (TPSA) is 69.9 Å². The molecule has 2 aromatic rings. The lowest BCUT2D eigenvalue weighted by atomic mass is 10.0. The Morgan fingerprint density at radius 3 is 2.75 bits per heavy atom. The van der Waals surface area contributed by atoms with Crippen LogP contribution < -0.4 is 0 Å². The molecule has 0 saturated heterocycles. The Bertz CT molecular complexity index is 649. The van der Waals surface area contributed by atoms with Crippen molar-refractivity contribution in [2.75, 3.05) is 0 Å². The van der Waals surface area contributed by atoms with Gasteiger partial charge in [0.1, 0.15) is 11.8 Å². The van der Waals surface area contributed by atoms with Crippen LogP contribution in [0.5, 0.6) is 5.75 Å². The summed E-state index contributed by atoms with van der Waals surface area (Å²) in [5.41, 5.74) is 0.561. The molecule has 0 bridgehead atoms. The van der Waals surface area contributed by atoms with Crippen molar-refractivity contribution in [1.82, 2.24) is 0 Å². The van der Waals surface area contributed by atoms with Crippen LogP contribution in [0.1, 0.15) is 25.3 Å². The van der Waals surface area contributed by atoms with Gasteiger partial charge < -0.3 is 10.2 Å². The average Bonchev–Trinajstić information content (AvgIpc) is 2.44. The molecule has 0 aliphatic carbocycles. The third-order valence-corrected chi connectivity index (χ3v) is 3.18. The molecule has 20 heavy (non-hydrogen) atoms. The fourth-order valence-corrected chi connectivity index (χ4v) is 2.12. The summed E-state index contributed by atoms with van der Waals surface area (Å²) >= 11 is 0. The van der Waals surface area contributed by atoms with Crippen LogP contribution in [0.25, 0.3) is 10.8 Å². The number of carbonyl (C=O) groups is 1. The van der Waals surface area contributed by atoms with Crippen LogP contribution in [0.2, 0.25) is 0 Å². The molecule has 0 aromatic heterocycles. The van der Waals surface area contributed by atoms with Crippen LogP contribution >= 0.6 is 0 Å². The molecule has 2 N–H and O–H groups in total. The van der Waals surface area contributed by atoms with Crippen LogP contribution in [0.3, 0.4) is 0 Å². The zero-order valence-electron chi connectivity index (χ0n) is 11.3. The van der Waals surface area contributed by atoms with E-state index in [4.69, 9.17) is 5.11 Å². The highest BCUT2D eigenvalue weighted by molar-refractivity contribution is 6.02. The molecule has 0 fully saturated rings. The van der Waals surface area contributed by atoms with E-state index in [9.17, 15) is 9.90 Å². The van der Waals surface area contributed by atoms with Crippen molar-refractivity contribution in [3.8, 4) is 5.75 Å². The number of fused-ring (bicyclic) bond motifs is 1. The molecule has 0 radical (unpaired) electrons. The van der Waals surface area contributed by atoms with E-state index in [0.717, 1.165) is 17.2 Å². The van der Waals surface area contributed by atoms with Crippen molar-refractivity contribution < 1.29 is 15.0 Å². The van der Waals surface area contributed by atoms with Gasteiger partial charge in [0.05, 0.1) is 0 Å². The minimum Gasteiger partial charge on any atom is -0.507 e. The van der Waals surface area contributed by atoms with E-state index >= 15 is 0 Å². The maximum Gasteiger partial charge on any atom is 0.328 e. The lowest BCUT2D eigenvalue weighted by Crippen LogP contribution is -2.17. The number of aliphatic carboxylic acids is 1. The molecule has 0 saturated carbocycles. The Kier molecular flexibility index (Phi) is 4.35. The highest BCUT2D eigenvalue weighted by Crippen LogP contribution is 2.25. The zero-order chi connectivity index (χ0) is 14.5. The standard InChI is InChI=1S/C16H17NO3/c1-2-5-14(16(19)20)17-10-13-12-7-4-3-6-11(12)8-9-15(13)18/h3-4,6-10,14,18H,2,5H2,1H3,(H,19,20). The Labute approximate surface area is 117 Å². The maximum absolute atomic E-state index is 11.1. The molecule has 1 unspecified atom stereocenters. The fourth-order valence-electron chi connectivity index (χ4n) is 2.12. The first kappa shape index (κ1) is 14.1. The highest BCUT2D eigenvalue weighted by Gasteiger charge is 2.14. The molecular weight excluding hydrogens is 254 g/mol. The second-order valence-electron chi connectivity index (χ2n) is 4.64. The van der Waals surface area contributed by atoms with Gasteiger partial charge >= 0.3 is 5.97 Å². The number of hydrogen-bond acceptors (Lipinski definition) is 3. The summed E-state index contributed by atoms with van der Waals surface area (Å²) in [6.45, 7) is 1.92. The smallest absolute Gasteiger partial charge is 0.328 e. The lowest BCUT2D eigenvalue weighted by Gasteiger charge is -2.07. The van der Waals surface area contributed by atoms with Gasteiger partial charge in [0.25, 0.3) is 0 Å². The molecule has 1 atom stereocenters. The molecule has 0 amide bonds. The van der Waals surface area contributed by atoms with E-state index in [-0.39, 0.29) is 5.75 Å². The molecule has 4 heteroatoms. The lowest BCUT2D eigenvalue weighted by molar-refractivity contribution is -0.138.